The van der Waals surface area contributed by atoms with Gasteiger partial charge >= 0.3 is 6.18 Å². The Hall–Kier alpha value is -4.44. The number of hydrogen-bond acceptors (Lipinski definition) is 4. The van der Waals surface area contributed by atoms with E-state index in [0.29, 0.717) is 27.8 Å². The average Bonchev–Trinajstić information content (AvgIpc) is 3.52. The summed E-state index contributed by atoms with van der Waals surface area (Å²) < 4.78 is 41.3. The van der Waals surface area contributed by atoms with Crippen molar-refractivity contribution in [3.05, 3.63) is 89.9 Å². The minimum Gasteiger partial charge on any atom is -0.324 e. The topological polar surface area (TPSA) is 87.1 Å². The van der Waals surface area contributed by atoms with Crippen LogP contribution in [0, 0.1) is 0 Å². The number of rotatable bonds is 4. The third-order valence-electron chi connectivity index (χ3n) is 6.35. The first-order valence-electron chi connectivity index (χ1n) is 11.7. The molecule has 6 rings (SSSR count). The van der Waals surface area contributed by atoms with E-state index < -0.39 is 17.6 Å². The normalized spacial score (nSPS) is 14.2. The van der Waals surface area contributed by atoms with E-state index in [-0.39, 0.29) is 11.6 Å². The fourth-order valence-electron chi connectivity index (χ4n) is 4.53. The molecule has 0 aliphatic carbocycles. The molecular weight excluding hydrogens is 481 g/mol. The fourth-order valence-corrected chi connectivity index (χ4v) is 4.53. The number of benzene rings is 2. The quantitative estimate of drug-likeness (QED) is 0.302. The number of anilines is 1. The number of nitrogens with zero attached hydrogens (tertiary/aromatic N) is 3. The molecule has 0 fully saturated rings. The summed E-state index contributed by atoms with van der Waals surface area (Å²) in [5.41, 5.74) is 4.57. The van der Waals surface area contributed by atoms with Crippen LogP contribution in [0.2, 0.25) is 0 Å². The second-order valence-electron chi connectivity index (χ2n) is 8.80. The van der Waals surface area contributed by atoms with Crippen LogP contribution in [0.15, 0.2) is 72.9 Å². The molecule has 0 radical (unpaired) electrons. The van der Waals surface area contributed by atoms with E-state index in [9.17, 15) is 18.0 Å². The molecule has 0 saturated carbocycles. The molecule has 1 aliphatic rings. The zero-order valence-corrected chi connectivity index (χ0v) is 19.4. The molecule has 186 valence electrons. The van der Waals surface area contributed by atoms with E-state index >= 15 is 0 Å². The van der Waals surface area contributed by atoms with Gasteiger partial charge in [-0.2, -0.15) is 13.2 Å². The lowest BCUT2D eigenvalue weighted by Gasteiger charge is -2.15. The summed E-state index contributed by atoms with van der Waals surface area (Å²) in [6.45, 7) is 1.70. The summed E-state index contributed by atoms with van der Waals surface area (Å²) in [5, 5.41) is 6.04. The van der Waals surface area contributed by atoms with E-state index in [0.717, 1.165) is 37.3 Å². The molecule has 5 aromatic rings. The summed E-state index contributed by atoms with van der Waals surface area (Å²) in [6, 6.07) is 16.0. The number of amides is 1. The first-order chi connectivity index (χ1) is 17.8. The van der Waals surface area contributed by atoms with E-state index in [4.69, 9.17) is 0 Å². The summed E-state index contributed by atoms with van der Waals surface area (Å²) in [4.78, 5) is 24.9. The van der Waals surface area contributed by atoms with Gasteiger partial charge in [0, 0.05) is 12.7 Å². The Kier molecular flexibility index (Phi) is 5.53. The Bertz CT molecular complexity index is 1680. The minimum absolute atomic E-state index is 0.222. The second kappa shape index (κ2) is 8.90. The van der Waals surface area contributed by atoms with Gasteiger partial charge in [0.1, 0.15) is 11.3 Å². The molecule has 3 N–H and O–H groups in total. The Morgan fingerprint density at radius 1 is 1.00 bits per heavy atom. The van der Waals surface area contributed by atoms with Crippen LogP contribution in [0.1, 0.15) is 28.2 Å². The molecule has 10 heteroatoms. The maximum absolute atomic E-state index is 13.1. The molecule has 0 saturated heterocycles. The van der Waals surface area contributed by atoms with Crippen molar-refractivity contribution >= 4 is 34.1 Å². The van der Waals surface area contributed by atoms with Crippen molar-refractivity contribution in [1.29, 1.82) is 0 Å². The van der Waals surface area contributed by atoms with E-state index in [1.807, 2.05) is 22.6 Å². The van der Waals surface area contributed by atoms with Crippen molar-refractivity contribution in [3.8, 4) is 11.1 Å². The number of aromatic nitrogens is 4. The first-order valence-corrected chi connectivity index (χ1v) is 11.7. The lowest BCUT2D eigenvalue weighted by atomic mass is 10.0. The molecule has 0 bridgehead atoms. The summed E-state index contributed by atoms with van der Waals surface area (Å²) >= 11 is 0. The summed E-state index contributed by atoms with van der Waals surface area (Å²) in [6.07, 6.45) is 0.312. The monoisotopic (exact) mass is 502 g/mol. The van der Waals surface area contributed by atoms with Crippen LogP contribution in [0.25, 0.3) is 33.4 Å². The van der Waals surface area contributed by atoms with Gasteiger partial charge in [-0.3, -0.25) is 14.5 Å². The van der Waals surface area contributed by atoms with Crippen LogP contribution in [0.5, 0.6) is 0 Å². The number of carbonyl (C=O) groups excluding carboxylic acids is 1. The van der Waals surface area contributed by atoms with Crippen LogP contribution in [0.3, 0.4) is 0 Å². The standard InChI is InChI=1S/C27H21F3N6O/c28-27(29,30)19-4-1-3-17(13-19)18-7-8-20-21(14-18)34-26(33-20)35-25(37)22-15-36-23(5-2-6-24(36)32-22)16-9-11-31-12-10-16/h1-9,13-15,31H,10-12H2,(H2,33,34,35,37). The number of H-pyrrole nitrogens is 1. The van der Waals surface area contributed by atoms with Crippen LogP contribution in [-0.2, 0) is 6.18 Å². The Labute approximate surface area is 209 Å². The lowest BCUT2D eigenvalue weighted by Crippen LogP contribution is -2.20. The molecule has 37 heavy (non-hydrogen) atoms. The maximum Gasteiger partial charge on any atom is 0.416 e. The molecule has 0 spiro atoms. The Morgan fingerprint density at radius 3 is 2.65 bits per heavy atom. The highest BCUT2D eigenvalue weighted by molar-refractivity contribution is 6.03. The van der Waals surface area contributed by atoms with Gasteiger partial charge in [0.05, 0.1) is 22.3 Å². The van der Waals surface area contributed by atoms with Gasteiger partial charge in [-0.15, -0.1) is 0 Å². The van der Waals surface area contributed by atoms with E-state index in [1.165, 1.54) is 11.6 Å². The molecule has 7 nitrogen and oxygen atoms in total. The number of imidazole rings is 2. The molecule has 2 aromatic carbocycles. The van der Waals surface area contributed by atoms with Gasteiger partial charge in [0.25, 0.3) is 5.91 Å². The van der Waals surface area contributed by atoms with Crippen LogP contribution >= 0.6 is 0 Å². The highest BCUT2D eigenvalue weighted by Gasteiger charge is 2.30. The number of nitrogens with one attached hydrogen (secondary N) is 3. The smallest absolute Gasteiger partial charge is 0.324 e. The third-order valence-corrected chi connectivity index (χ3v) is 6.35. The SMILES string of the molecule is O=C(Nc1nc2ccc(-c3cccc(C(F)(F)F)c3)cc2[nH]1)c1cn2c(C3=CCNCC3)cccc2n1. The van der Waals surface area contributed by atoms with Crippen molar-refractivity contribution in [2.75, 3.05) is 18.4 Å². The number of halogens is 3. The average molecular weight is 503 g/mol. The second-order valence-corrected chi connectivity index (χ2v) is 8.80. The fraction of sp³-hybridized carbons (Fsp3) is 0.148. The van der Waals surface area contributed by atoms with Crippen LogP contribution in [-0.4, -0.2) is 38.3 Å². The first kappa shape index (κ1) is 23.0. The van der Waals surface area contributed by atoms with E-state index in [2.05, 4.69) is 31.7 Å². The molecule has 1 aliphatic heterocycles. The Morgan fingerprint density at radius 2 is 1.84 bits per heavy atom. The molecular formula is C27H21F3N6O. The number of pyridine rings is 1. The van der Waals surface area contributed by atoms with Gasteiger partial charge in [-0.1, -0.05) is 30.3 Å². The van der Waals surface area contributed by atoms with Gasteiger partial charge in [-0.25, -0.2) is 9.97 Å². The molecule has 1 amide bonds. The van der Waals surface area contributed by atoms with Gasteiger partial charge in [0.2, 0.25) is 5.95 Å². The van der Waals surface area contributed by atoms with Crippen molar-refractivity contribution in [3.63, 3.8) is 0 Å². The van der Waals surface area contributed by atoms with Crippen molar-refractivity contribution < 1.29 is 18.0 Å². The molecule has 0 atom stereocenters. The lowest BCUT2D eigenvalue weighted by molar-refractivity contribution is -0.137. The molecule has 0 unspecified atom stereocenters. The summed E-state index contributed by atoms with van der Waals surface area (Å²) in [7, 11) is 0. The van der Waals surface area contributed by atoms with Crippen molar-refractivity contribution in [2.24, 2.45) is 0 Å². The number of alkyl halides is 3. The van der Waals surface area contributed by atoms with Crippen molar-refractivity contribution in [2.45, 2.75) is 12.6 Å². The Balaban J connectivity index is 1.26. The van der Waals surface area contributed by atoms with Crippen molar-refractivity contribution in [1.82, 2.24) is 24.7 Å². The minimum atomic E-state index is -4.42. The molecule has 4 heterocycles. The maximum atomic E-state index is 13.1. The zero-order valence-electron chi connectivity index (χ0n) is 19.4. The largest absolute Gasteiger partial charge is 0.416 e. The predicted octanol–water partition coefficient (Wildman–Crippen LogP) is 5.53. The predicted molar refractivity (Wildman–Crippen MR) is 135 cm³/mol. The van der Waals surface area contributed by atoms with Crippen LogP contribution in [0.4, 0.5) is 19.1 Å². The van der Waals surface area contributed by atoms with Gasteiger partial charge in [0.15, 0.2) is 0 Å². The summed E-state index contributed by atoms with van der Waals surface area (Å²) in [5.74, 6) is -0.203. The van der Waals surface area contributed by atoms with Gasteiger partial charge in [-0.05, 0) is 66.1 Å². The number of fused-ring (bicyclic) bond motifs is 2. The highest BCUT2D eigenvalue weighted by Crippen LogP contribution is 2.33. The number of aromatic amines is 1. The zero-order chi connectivity index (χ0) is 25.6. The third kappa shape index (κ3) is 4.47. The number of carbonyl (C=O) groups is 1. The highest BCUT2D eigenvalue weighted by atomic mass is 19.4. The molecule has 3 aromatic heterocycles. The van der Waals surface area contributed by atoms with Gasteiger partial charge < -0.3 is 10.3 Å². The van der Waals surface area contributed by atoms with Crippen LogP contribution < -0.4 is 10.6 Å². The van der Waals surface area contributed by atoms with E-state index in [1.54, 1.807) is 30.5 Å². The number of hydrogen-bond donors (Lipinski definition) is 3.